The maximum atomic E-state index is 12.4. The van der Waals surface area contributed by atoms with Crippen LogP contribution in [0.1, 0.15) is 38.7 Å². The normalized spacial score (nSPS) is 23.3. The Bertz CT molecular complexity index is 428. The summed E-state index contributed by atoms with van der Waals surface area (Å²) in [6.07, 6.45) is 3.25. The van der Waals surface area contributed by atoms with E-state index in [9.17, 15) is 4.79 Å². The van der Waals surface area contributed by atoms with Crippen LogP contribution in [-0.4, -0.2) is 18.5 Å². The van der Waals surface area contributed by atoms with Crippen LogP contribution in [0.2, 0.25) is 0 Å². The van der Waals surface area contributed by atoms with E-state index in [4.69, 9.17) is 5.73 Å². The van der Waals surface area contributed by atoms with Gasteiger partial charge < -0.3 is 11.1 Å². The van der Waals surface area contributed by atoms with Gasteiger partial charge >= 0.3 is 0 Å². The zero-order valence-electron chi connectivity index (χ0n) is 11.9. The van der Waals surface area contributed by atoms with Crippen LogP contribution in [0.4, 0.5) is 0 Å². The lowest BCUT2D eigenvalue weighted by Gasteiger charge is -2.25. The Hall–Kier alpha value is -1.35. The monoisotopic (exact) mass is 260 g/mol. The minimum Gasteiger partial charge on any atom is -0.355 e. The third kappa shape index (κ3) is 3.35. The van der Waals surface area contributed by atoms with E-state index in [0.29, 0.717) is 12.0 Å². The van der Waals surface area contributed by atoms with Crippen molar-refractivity contribution in [2.24, 2.45) is 11.7 Å². The Kier molecular flexibility index (Phi) is 4.25. The van der Waals surface area contributed by atoms with Gasteiger partial charge in [-0.05, 0) is 44.6 Å². The molecule has 0 heterocycles. The predicted octanol–water partition coefficient (Wildman–Crippen LogP) is 2.21. The fraction of sp³-hybridized carbons (Fsp3) is 0.562. The third-order valence-electron chi connectivity index (χ3n) is 4.20. The fourth-order valence-corrected chi connectivity index (χ4v) is 2.74. The van der Waals surface area contributed by atoms with E-state index >= 15 is 0 Å². The SMILES string of the molecule is CC(C)(C(=O)NCC1CCC(N)C1)c1ccccc1. The summed E-state index contributed by atoms with van der Waals surface area (Å²) in [5, 5.41) is 3.09. The summed E-state index contributed by atoms with van der Waals surface area (Å²) in [7, 11) is 0. The number of hydrogen-bond acceptors (Lipinski definition) is 2. The first-order valence-electron chi connectivity index (χ1n) is 7.09. The van der Waals surface area contributed by atoms with Crippen LogP contribution in [0.5, 0.6) is 0 Å². The van der Waals surface area contributed by atoms with E-state index in [1.54, 1.807) is 0 Å². The average molecular weight is 260 g/mol. The number of nitrogens with one attached hydrogen (secondary N) is 1. The van der Waals surface area contributed by atoms with Crippen molar-refractivity contribution in [3.8, 4) is 0 Å². The summed E-state index contributed by atoms with van der Waals surface area (Å²) >= 11 is 0. The highest BCUT2D eigenvalue weighted by atomic mass is 16.2. The average Bonchev–Trinajstić information content (AvgIpc) is 2.82. The van der Waals surface area contributed by atoms with Gasteiger partial charge in [0.25, 0.3) is 0 Å². The first-order chi connectivity index (χ1) is 9.00. The van der Waals surface area contributed by atoms with Crippen molar-refractivity contribution < 1.29 is 4.79 Å². The van der Waals surface area contributed by atoms with Gasteiger partial charge in [0, 0.05) is 12.6 Å². The lowest BCUT2D eigenvalue weighted by Crippen LogP contribution is -2.41. The number of amides is 1. The van der Waals surface area contributed by atoms with Gasteiger partial charge in [-0.25, -0.2) is 0 Å². The van der Waals surface area contributed by atoms with E-state index in [0.717, 1.165) is 31.4 Å². The van der Waals surface area contributed by atoms with E-state index in [1.165, 1.54) is 0 Å². The number of benzene rings is 1. The molecule has 0 aliphatic heterocycles. The first-order valence-corrected chi connectivity index (χ1v) is 7.09. The summed E-state index contributed by atoms with van der Waals surface area (Å²) in [6.45, 7) is 4.69. The molecule has 0 radical (unpaired) electrons. The highest BCUT2D eigenvalue weighted by Gasteiger charge is 2.30. The van der Waals surface area contributed by atoms with E-state index in [2.05, 4.69) is 5.32 Å². The van der Waals surface area contributed by atoms with Crippen LogP contribution in [-0.2, 0) is 10.2 Å². The van der Waals surface area contributed by atoms with Crippen molar-refractivity contribution in [1.29, 1.82) is 0 Å². The Morgan fingerprint density at radius 3 is 2.58 bits per heavy atom. The van der Waals surface area contributed by atoms with Gasteiger partial charge in [0.2, 0.25) is 5.91 Å². The zero-order chi connectivity index (χ0) is 13.9. The van der Waals surface area contributed by atoms with Gasteiger partial charge in [-0.1, -0.05) is 30.3 Å². The van der Waals surface area contributed by atoms with Crippen molar-refractivity contribution in [3.63, 3.8) is 0 Å². The molecule has 0 saturated heterocycles. The number of carbonyl (C=O) groups is 1. The van der Waals surface area contributed by atoms with Crippen molar-refractivity contribution in [3.05, 3.63) is 35.9 Å². The highest BCUT2D eigenvalue weighted by Crippen LogP contribution is 2.25. The predicted molar refractivity (Wildman–Crippen MR) is 77.8 cm³/mol. The second kappa shape index (κ2) is 5.74. The fourth-order valence-electron chi connectivity index (χ4n) is 2.74. The van der Waals surface area contributed by atoms with Crippen LogP contribution < -0.4 is 11.1 Å². The standard InChI is InChI=1S/C16H24N2O/c1-16(2,13-6-4-3-5-7-13)15(19)18-11-12-8-9-14(17)10-12/h3-7,12,14H,8-11,17H2,1-2H3,(H,18,19). The molecule has 0 spiro atoms. The molecule has 2 rings (SSSR count). The molecule has 1 saturated carbocycles. The van der Waals surface area contributed by atoms with Crippen molar-refractivity contribution in [2.75, 3.05) is 6.54 Å². The molecule has 1 aliphatic carbocycles. The first kappa shape index (κ1) is 14.1. The van der Waals surface area contributed by atoms with Crippen LogP contribution in [0.3, 0.4) is 0 Å². The van der Waals surface area contributed by atoms with E-state index in [1.807, 2.05) is 44.2 Å². The number of nitrogens with two attached hydrogens (primary N) is 1. The van der Waals surface area contributed by atoms with Crippen LogP contribution >= 0.6 is 0 Å². The van der Waals surface area contributed by atoms with Gasteiger partial charge in [0.05, 0.1) is 5.41 Å². The van der Waals surface area contributed by atoms with Gasteiger partial charge in [-0.15, -0.1) is 0 Å². The lowest BCUT2D eigenvalue weighted by molar-refractivity contribution is -0.125. The molecule has 0 bridgehead atoms. The molecule has 1 aliphatic rings. The van der Waals surface area contributed by atoms with Crippen LogP contribution in [0.25, 0.3) is 0 Å². The molecule has 19 heavy (non-hydrogen) atoms. The van der Waals surface area contributed by atoms with E-state index < -0.39 is 5.41 Å². The molecule has 104 valence electrons. The van der Waals surface area contributed by atoms with Gasteiger partial charge in [-0.3, -0.25) is 4.79 Å². The number of hydrogen-bond donors (Lipinski definition) is 2. The molecule has 0 aromatic heterocycles. The van der Waals surface area contributed by atoms with Crippen LogP contribution in [0, 0.1) is 5.92 Å². The third-order valence-corrected chi connectivity index (χ3v) is 4.20. The molecule has 2 unspecified atom stereocenters. The molecular formula is C16H24N2O. The largest absolute Gasteiger partial charge is 0.355 e. The maximum absolute atomic E-state index is 12.4. The summed E-state index contributed by atoms with van der Waals surface area (Å²) in [6, 6.07) is 10.2. The second-order valence-corrected chi connectivity index (χ2v) is 6.14. The summed E-state index contributed by atoms with van der Waals surface area (Å²) in [4.78, 5) is 12.4. The molecule has 1 aromatic carbocycles. The minimum atomic E-state index is -0.484. The molecule has 3 N–H and O–H groups in total. The molecular weight excluding hydrogens is 236 g/mol. The second-order valence-electron chi connectivity index (χ2n) is 6.14. The maximum Gasteiger partial charge on any atom is 0.230 e. The Labute approximate surface area is 115 Å². The Balaban J connectivity index is 1.92. The van der Waals surface area contributed by atoms with Crippen LogP contribution in [0.15, 0.2) is 30.3 Å². The molecule has 1 fully saturated rings. The summed E-state index contributed by atoms with van der Waals surface area (Å²) < 4.78 is 0. The molecule has 2 atom stereocenters. The van der Waals surface area contributed by atoms with Gasteiger partial charge in [-0.2, -0.15) is 0 Å². The Morgan fingerprint density at radius 2 is 2.00 bits per heavy atom. The number of rotatable bonds is 4. The summed E-state index contributed by atoms with van der Waals surface area (Å²) in [5.41, 5.74) is 6.46. The molecule has 3 heteroatoms. The smallest absolute Gasteiger partial charge is 0.230 e. The molecule has 1 amide bonds. The lowest BCUT2D eigenvalue weighted by atomic mass is 9.83. The Morgan fingerprint density at radius 1 is 1.32 bits per heavy atom. The van der Waals surface area contributed by atoms with Gasteiger partial charge in [0.1, 0.15) is 0 Å². The molecule has 1 aromatic rings. The van der Waals surface area contributed by atoms with Crippen molar-refractivity contribution >= 4 is 5.91 Å². The minimum absolute atomic E-state index is 0.0965. The van der Waals surface area contributed by atoms with E-state index in [-0.39, 0.29) is 5.91 Å². The van der Waals surface area contributed by atoms with Crippen molar-refractivity contribution in [2.45, 2.75) is 44.6 Å². The number of carbonyl (C=O) groups excluding carboxylic acids is 1. The highest BCUT2D eigenvalue weighted by molar-refractivity contribution is 5.87. The zero-order valence-corrected chi connectivity index (χ0v) is 11.9. The summed E-state index contributed by atoms with van der Waals surface area (Å²) in [5.74, 6) is 0.643. The topological polar surface area (TPSA) is 55.1 Å². The van der Waals surface area contributed by atoms with Gasteiger partial charge in [0.15, 0.2) is 0 Å². The molecule has 3 nitrogen and oxygen atoms in total. The quantitative estimate of drug-likeness (QED) is 0.872. The van der Waals surface area contributed by atoms with Crippen molar-refractivity contribution in [1.82, 2.24) is 5.32 Å².